The van der Waals surface area contributed by atoms with Gasteiger partial charge in [0.1, 0.15) is 5.82 Å². The first kappa shape index (κ1) is 15.6. The summed E-state index contributed by atoms with van der Waals surface area (Å²) >= 11 is 0. The van der Waals surface area contributed by atoms with Crippen LogP contribution in [0.1, 0.15) is 50.5 Å². The van der Waals surface area contributed by atoms with Crippen LogP contribution in [-0.4, -0.2) is 17.6 Å². The van der Waals surface area contributed by atoms with E-state index in [-0.39, 0.29) is 23.1 Å². The second kappa shape index (κ2) is 5.83. The van der Waals surface area contributed by atoms with Crippen LogP contribution in [0.3, 0.4) is 0 Å². The van der Waals surface area contributed by atoms with Crippen molar-refractivity contribution in [2.45, 2.75) is 44.9 Å². The number of nitrogens with zero attached hydrogens (tertiary/aromatic N) is 1. The molecule has 1 atom stereocenters. The van der Waals surface area contributed by atoms with Gasteiger partial charge in [-0.25, -0.2) is 4.39 Å². The molecule has 24 heavy (non-hydrogen) atoms. The molecule has 1 aromatic heterocycles. The second-order valence-electron chi connectivity index (χ2n) is 7.21. The Morgan fingerprint density at radius 2 is 2.12 bits per heavy atom. The Bertz CT molecular complexity index is 780. The topological polar surface area (TPSA) is 39.2 Å². The van der Waals surface area contributed by atoms with Gasteiger partial charge >= 0.3 is 5.97 Å². The number of esters is 1. The Morgan fingerprint density at radius 3 is 2.88 bits per heavy atom. The number of ether oxygens (including phenoxy) is 1. The van der Waals surface area contributed by atoms with Crippen LogP contribution < -0.4 is 0 Å². The summed E-state index contributed by atoms with van der Waals surface area (Å²) in [6, 6.07) is 6.83. The monoisotopic (exact) mass is 327 g/mol. The average molecular weight is 327 g/mol. The van der Waals surface area contributed by atoms with E-state index in [1.165, 1.54) is 11.6 Å². The molecule has 126 valence electrons. The number of aromatic nitrogens is 1. The van der Waals surface area contributed by atoms with Gasteiger partial charge in [-0.05, 0) is 80.2 Å². The molecule has 4 rings (SSSR count). The molecule has 2 aromatic rings. The first-order valence-electron chi connectivity index (χ1n) is 8.84. The molecule has 2 saturated carbocycles. The number of carbonyl (C=O) groups is 1. The highest BCUT2D eigenvalue weighted by Gasteiger charge is 2.59. The maximum atomic E-state index is 13.7. The third-order valence-corrected chi connectivity index (χ3v) is 5.92. The van der Waals surface area contributed by atoms with Crippen LogP contribution in [0.15, 0.2) is 30.5 Å². The highest BCUT2D eigenvalue weighted by molar-refractivity contribution is 5.82. The molecule has 0 N–H and O–H groups in total. The molecule has 0 radical (unpaired) electrons. The molecule has 2 aliphatic carbocycles. The Hall–Kier alpha value is -1.97. The third-order valence-electron chi connectivity index (χ3n) is 5.92. The van der Waals surface area contributed by atoms with Crippen LogP contribution >= 0.6 is 0 Å². The van der Waals surface area contributed by atoms with Gasteiger partial charge in [-0.15, -0.1) is 0 Å². The number of pyridine rings is 1. The minimum atomic E-state index is -0.214. The highest BCUT2D eigenvalue weighted by Crippen LogP contribution is 2.63. The Kier molecular flexibility index (Phi) is 3.78. The van der Waals surface area contributed by atoms with Crippen molar-refractivity contribution in [3.8, 4) is 0 Å². The van der Waals surface area contributed by atoms with E-state index >= 15 is 0 Å². The molecule has 1 heterocycles. The minimum absolute atomic E-state index is 0.0209. The maximum absolute atomic E-state index is 13.7. The van der Waals surface area contributed by atoms with Gasteiger partial charge in [-0.1, -0.05) is 0 Å². The Labute approximate surface area is 141 Å². The van der Waals surface area contributed by atoms with Gasteiger partial charge in [-0.3, -0.25) is 9.78 Å². The van der Waals surface area contributed by atoms with Crippen LogP contribution in [0, 0.1) is 17.2 Å². The molecule has 0 bridgehead atoms. The van der Waals surface area contributed by atoms with Gasteiger partial charge < -0.3 is 4.74 Å². The SMILES string of the molecule is CCOC(=O)C1CC12CCC(c1ccnc3ccc(F)cc13)CC2. The van der Waals surface area contributed by atoms with Crippen molar-refractivity contribution >= 4 is 16.9 Å². The zero-order valence-corrected chi connectivity index (χ0v) is 13.9. The van der Waals surface area contributed by atoms with Gasteiger partial charge in [0.2, 0.25) is 0 Å². The number of carbonyl (C=O) groups excluding carboxylic acids is 1. The van der Waals surface area contributed by atoms with Crippen molar-refractivity contribution in [3.63, 3.8) is 0 Å². The predicted octanol–water partition coefficient (Wildman–Crippen LogP) is 4.60. The van der Waals surface area contributed by atoms with Crippen LogP contribution in [0.2, 0.25) is 0 Å². The molecule has 0 aliphatic heterocycles. The summed E-state index contributed by atoms with van der Waals surface area (Å²) in [6.45, 7) is 2.32. The zero-order valence-electron chi connectivity index (χ0n) is 13.9. The lowest BCUT2D eigenvalue weighted by atomic mass is 9.75. The number of rotatable bonds is 3. The molecule has 1 aromatic carbocycles. The lowest BCUT2D eigenvalue weighted by Gasteiger charge is -2.30. The van der Waals surface area contributed by atoms with E-state index in [4.69, 9.17) is 4.74 Å². The van der Waals surface area contributed by atoms with Gasteiger partial charge in [0, 0.05) is 11.6 Å². The summed E-state index contributed by atoms with van der Waals surface area (Å²) in [7, 11) is 0. The fourth-order valence-corrected chi connectivity index (χ4v) is 4.48. The summed E-state index contributed by atoms with van der Waals surface area (Å²) in [5.74, 6) is 0.289. The number of hydrogen-bond acceptors (Lipinski definition) is 3. The summed E-state index contributed by atoms with van der Waals surface area (Å²) in [6.07, 6.45) is 7.00. The van der Waals surface area contributed by atoms with E-state index in [0.29, 0.717) is 12.5 Å². The van der Waals surface area contributed by atoms with E-state index in [9.17, 15) is 9.18 Å². The van der Waals surface area contributed by atoms with Crippen LogP contribution in [0.5, 0.6) is 0 Å². The molecular formula is C20H22FNO2. The highest BCUT2D eigenvalue weighted by atomic mass is 19.1. The van der Waals surface area contributed by atoms with E-state index in [1.54, 1.807) is 12.1 Å². The summed E-state index contributed by atoms with van der Waals surface area (Å²) < 4.78 is 18.8. The van der Waals surface area contributed by atoms with Crippen LogP contribution in [0.4, 0.5) is 4.39 Å². The smallest absolute Gasteiger partial charge is 0.309 e. The average Bonchev–Trinajstić information content (AvgIpc) is 3.29. The van der Waals surface area contributed by atoms with Gasteiger partial charge in [-0.2, -0.15) is 0 Å². The van der Waals surface area contributed by atoms with E-state index in [2.05, 4.69) is 4.98 Å². The van der Waals surface area contributed by atoms with E-state index in [0.717, 1.165) is 43.0 Å². The number of fused-ring (bicyclic) bond motifs is 1. The van der Waals surface area contributed by atoms with E-state index < -0.39 is 0 Å². The largest absolute Gasteiger partial charge is 0.466 e. The molecule has 3 nitrogen and oxygen atoms in total. The summed E-state index contributed by atoms with van der Waals surface area (Å²) in [4.78, 5) is 16.3. The summed E-state index contributed by atoms with van der Waals surface area (Å²) in [5, 5.41) is 0.927. The van der Waals surface area contributed by atoms with Gasteiger partial charge in [0.05, 0.1) is 18.0 Å². The minimum Gasteiger partial charge on any atom is -0.466 e. The molecule has 4 heteroatoms. The quantitative estimate of drug-likeness (QED) is 0.773. The lowest BCUT2D eigenvalue weighted by Crippen LogP contribution is -2.20. The predicted molar refractivity (Wildman–Crippen MR) is 90.1 cm³/mol. The third kappa shape index (κ3) is 2.58. The standard InChI is InChI=1S/C20H22FNO2/c1-2-24-19(23)17-12-20(17)8-5-13(6-9-20)15-7-10-22-18-4-3-14(21)11-16(15)18/h3-4,7,10-11,13,17H,2,5-6,8-9,12H2,1H3. The fraction of sp³-hybridized carbons (Fsp3) is 0.500. The summed E-state index contributed by atoms with van der Waals surface area (Å²) in [5.41, 5.74) is 2.23. The van der Waals surface area contributed by atoms with Crippen molar-refractivity contribution in [2.75, 3.05) is 6.61 Å². The van der Waals surface area contributed by atoms with Crippen molar-refractivity contribution in [2.24, 2.45) is 11.3 Å². The first-order valence-corrected chi connectivity index (χ1v) is 8.84. The van der Waals surface area contributed by atoms with Crippen molar-refractivity contribution in [1.29, 1.82) is 0 Å². The molecule has 0 saturated heterocycles. The van der Waals surface area contributed by atoms with Crippen molar-refractivity contribution in [3.05, 3.63) is 41.8 Å². The second-order valence-corrected chi connectivity index (χ2v) is 7.21. The van der Waals surface area contributed by atoms with Gasteiger partial charge in [0.25, 0.3) is 0 Å². The van der Waals surface area contributed by atoms with E-state index in [1.807, 2.05) is 19.2 Å². The number of hydrogen-bond donors (Lipinski definition) is 0. The zero-order chi connectivity index (χ0) is 16.7. The number of benzene rings is 1. The molecular weight excluding hydrogens is 305 g/mol. The Morgan fingerprint density at radius 1 is 1.33 bits per heavy atom. The normalized spacial score (nSPS) is 28.9. The van der Waals surface area contributed by atoms with Crippen LogP contribution in [0.25, 0.3) is 10.9 Å². The number of halogens is 1. The fourth-order valence-electron chi connectivity index (χ4n) is 4.48. The maximum Gasteiger partial charge on any atom is 0.309 e. The molecule has 2 aliphatic rings. The molecule has 1 unspecified atom stereocenters. The molecule has 0 amide bonds. The first-order chi connectivity index (χ1) is 11.6. The van der Waals surface area contributed by atoms with Crippen molar-refractivity contribution < 1.29 is 13.9 Å². The molecule has 1 spiro atoms. The van der Waals surface area contributed by atoms with Crippen molar-refractivity contribution in [1.82, 2.24) is 4.98 Å². The van der Waals surface area contributed by atoms with Crippen LogP contribution in [-0.2, 0) is 9.53 Å². The Balaban J connectivity index is 1.51. The van der Waals surface area contributed by atoms with Gasteiger partial charge in [0.15, 0.2) is 0 Å². The lowest BCUT2D eigenvalue weighted by molar-refractivity contribution is -0.145. The molecule has 2 fully saturated rings.